The summed E-state index contributed by atoms with van der Waals surface area (Å²) in [6.45, 7) is 9.32. The van der Waals surface area contributed by atoms with Crippen molar-refractivity contribution >= 4 is 40.0 Å². The number of rotatable bonds is 8. The average Bonchev–Trinajstić information content (AvgIpc) is 2.38. The third kappa shape index (κ3) is 22.7. The van der Waals surface area contributed by atoms with Gasteiger partial charge in [0.15, 0.2) is 0 Å². The minimum absolute atomic E-state index is 0. The summed E-state index contributed by atoms with van der Waals surface area (Å²) in [5.41, 5.74) is 0. The van der Waals surface area contributed by atoms with E-state index in [1.807, 2.05) is 24.3 Å². The van der Waals surface area contributed by atoms with Crippen molar-refractivity contribution in [1.29, 1.82) is 0 Å². The van der Waals surface area contributed by atoms with Crippen LogP contribution in [0.5, 0.6) is 5.75 Å². The molecular formula is C18H31BrMgO. The minimum Gasteiger partial charge on any atom is -0.519 e. The molecule has 0 amide bonds. The third-order valence-electron chi connectivity index (χ3n) is 2.44. The second kappa shape index (κ2) is 20.3. The Balaban J connectivity index is -0.000000482. The quantitative estimate of drug-likeness (QED) is 0.309. The first-order valence-corrected chi connectivity index (χ1v) is 7.53. The molecule has 0 aliphatic heterocycles. The zero-order chi connectivity index (χ0) is 14.3. The summed E-state index contributed by atoms with van der Waals surface area (Å²) in [6.07, 6.45) is 7.84. The molecule has 0 unspecified atom stereocenters. The van der Waals surface area contributed by atoms with E-state index in [4.69, 9.17) is 4.74 Å². The summed E-state index contributed by atoms with van der Waals surface area (Å²) in [5.74, 6) is 2.28. The largest absolute Gasteiger partial charge is 2.00 e. The number of halogens is 1. The van der Waals surface area contributed by atoms with Gasteiger partial charge in [-0.15, -0.1) is 29.1 Å². The Morgan fingerprint density at radius 2 is 1.57 bits per heavy atom. The number of hydrogen-bond donors (Lipinski definition) is 0. The molecule has 0 radical (unpaired) electrons. The van der Waals surface area contributed by atoms with E-state index in [0.29, 0.717) is 0 Å². The van der Waals surface area contributed by atoms with Crippen molar-refractivity contribution in [2.75, 3.05) is 6.61 Å². The number of unbranched alkanes of at least 4 members (excludes halogenated alkanes) is 5. The number of hydrogen-bond acceptors (Lipinski definition) is 1. The fraction of sp³-hybridized carbons (Fsp3) is 0.611. The van der Waals surface area contributed by atoms with E-state index in [9.17, 15) is 0 Å². The van der Waals surface area contributed by atoms with E-state index in [2.05, 4.69) is 33.8 Å². The van der Waals surface area contributed by atoms with Crippen LogP contribution in [0.2, 0.25) is 0 Å². The molecule has 0 atom stereocenters. The van der Waals surface area contributed by atoms with E-state index in [0.717, 1.165) is 18.8 Å². The Hall–Kier alpha value is 0.266. The summed E-state index contributed by atoms with van der Waals surface area (Å²) in [7, 11) is 0. The average molecular weight is 368 g/mol. The van der Waals surface area contributed by atoms with E-state index in [1.54, 1.807) is 0 Å². The molecule has 3 heteroatoms. The molecule has 21 heavy (non-hydrogen) atoms. The summed E-state index contributed by atoms with van der Waals surface area (Å²) in [5, 5.41) is 0. The fourth-order valence-corrected chi connectivity index (χ4v) is 1.53. The Bertz CT molecular complexity index is 275. The predicted molar refractivity (Wildman–Crippen MR) is 100 cm³/mol. The summed E-state index contributed by atoms with van der Waals surface area (Å²) in [6, 6.07) is 10.8. The summed E-state index contributed by atoms with van der Waals surface area (Å²) in [4.78, 5) is 0. The maximum atomic E-state index is 5.56. The van der Waals surface area contributed by atoms with Crippen molar-refractivity contribution in [3.8, 4) is 5.75 Å². The molecule has 0 saturated carbocycles. The van der Waals surface area contributed by atoms with Crippen LogP contribution in [0, 0.1) is 12.0 Å². The SMILES string of the molecule is Br.CCCCCCCCOc1[c-]cccc1.C[C-](C)C.[Mg+2]. The van der Waals surface area contributed by atoms with Gasteiger partial charge in [0, 0.05) is 5.75 Å². The van der Waals surface area contributed by atoms with Crippen molar-refractivity contribution in [2.24, 2.45) is 0 Å². The molecule has 0 aliphatic carbocycles. The van der Waals surface area contributed by atoms with Crippen molar-refractivity contribution < 1.29 is 4.74 Å². The van der Waals surface area contributed by atoms with Crippen LogP contribution < -0.4 is 4.74 Å². The van der Waals surface area contributed by atoms with Gasteiger partial charge >= 0.3 is 23.1 Å². The zero-order valence-corrected chi connectivity index (χ0v) is 17.4. The van der Waals surface area contributed by atoms with Crippen molar-refractivity contribution in [1.82, 2.24) is 0 Å². The molecule has 1 rings (SSSR count). The van der Waals surface area contributed by atoms with Crippen LogP contribution in [-0.2, 0) is 0 Å². The van der Waals surface area contributed by atoms with E-state index in [1.165, 1.54) is 38.0 Å². The Labute approximate surface area is 159 Å². The van der Waals surface area contributed by atoms with Gasteiger partial charge in [0.1, 0.15) is 0 Å². The minimum atomic E-state index is 0. The maximum Gasteiger partial charge on any atom is 2.00 e. The van der Waals surface area contributed by atoms with Gasteiger partial charge in [-0.3, -0.25) is 0 Å². The van der Waals surface area contributed by atoms with E-state index < -0.39 is 0 Å². The van der Waals surface area contributed by atoms with Crippen LogP contribution in [0.25, 0.3) is 0 Å². The Morgan fingerprint density at radius 3 is 2.10 bits per heavy atom. The van der Waals surface area contributed by atoms with Crippen molar-refractivity contribution in [3.05, 3.63) is 36.2 Å². The Kier molecular flexibility index (Phi) is 25.3. The van der Waals surface area contributed by atoms with Gasteiger partial charge in [-0.25, -0.2) is 0 Å². The molecule has 0 aromatic heterocycles. The van der Waals surface area contributed by atoms with Crippen LogP contribution in [0.15, 0.2) is 24.3 Å². The molecular weight excluding hydrogens is 336 g/mol. The summed E-state index contributed by atoms with van der Waals surface area (Å²) >= 11 is 0. The molecule has 0 fully saturated rings. The first kappa shape index (κ1) is 26.2. The van der Waals surface area contributed by atoms with Gasteiger partial charge in [0.25, 0.3) is 0 Å². The molecule has 0 spiro atoms. The van der Waals surface area contributed by atoms with E-state index in [-0.39, 0.29) is 40.0 Å². The van der Waals surface area contributed by atoms with Gasteiger partial charge in [-0.1, -0.05) is 39.0 Å². The van der Waals surface area contributed by atoms with Crippen LogP contribution in [0.1, 0.15) is 66.2 Å². The van der Waals surface area contributed by atoms with Crippen LogP contribution in [0.3, 0.4) is 0 Å². The van der Waals surface area contributed by atoms with Crippen LogP contribution in [0.4, 0.5) is 0 Å². The molecule has 1 aromatic carbocycles. The zero-order valence-electron chi connectivity index (χ0n) is 14.3. The monoisotopic (exact) mass is 366 g/mol. The van der Waals surface area contributed by atoms with Gasteiger partial charge < -0.3 is 10.7 Å². The number of para-hydroxylation sites is 1. The number of ether oxygens (including phenoxy) is 1. The normalized spacial score (nSPS) is 9.00. The van der Waals surface area contributed by atoms with Gasteiger partial charge in [0.2, 0.25) is 0 Å². The first-order valence-electron chi connectivity index (χ1n) is 7.53. The second-order valence-electron chi connectivity index (χ2n) is 5.34. The molecule has 0 saturated heterocycles. The molecule has 0 bridgehead atoms. The molecule has 118 valence electrons. The molecule has 0 heterocycles. The van der Waals surface area contributed by atoms with Gasteiger partial charge in [0.05, 0.1) is 6.61 Å². The van der Waals surface area contributed by atoms with Crippen LogP contribution >= 0.6 is 17.0 Å². The molecule has 0 N–H and O–H groups in total. The predicted octanol–water partition coefficient (Wildman–Crippen LogP) is 6.04. The maximum absolute atomic E-state index is 5.56. The standard InChI is InChI=1S/C14H21O.C4H9.BrH.Mg/c1-2-3-4-5-6-10-13-15-14-11-8-7-9-12-14;1-4(2)3;;/h7-9,11H,2-6,10,13H2,1H3;1-3H3;1H;/q2*-1;;+2. The van der Waals surface area contributed by atoms with Crippen molar-refractivity contribution in [2.45, 2.75) is 66.2 Å². The van der Waals surface area contributed by atoms with Gasteiger partial charge in [-0.05, 0) is 6.42 Å². The van der Waals surface area contributed by atoms with Crippen LogP contribution in [-0.4, -0.2) is 29.7 Å². The summed E-state index contributed by atoms with van der Waals surface area (Å²) < 4.78 is 5.56. The number of benzene rings is 1. The fourth-order valence-electron chi connectivity index (χ4n) is 1.53. The third-order valence-corrected chi connectivity index (χ3v) is 2.44. The molecule has 0 aliphatic rings. The molecule has 1 aromatic rings. The molecule has 1 nitrogen and oxygen atoms in total. The van der Waals surface area contributed by atoms with E-state index >= 15 is 0 Å². The first-order chi connectivity index (χ1) is 9.16. The van der Waals surface area contributed by atoms with Gasteiger partial charge in [-0.2, -0.15) is 39.0 Å². The second-order valence-corrected chi connectivity index (χ2v) is 5.34. The topological polar surface area (TPSA) is 9.23 Å². The smallest absolute Gasteiger partial charge is 0.519 e. The Morgan fingerprint density at radius 1 is 1.00 bits per heavy atom. The van der Waals surface area contributed by atoms with Crippen molar-refractivity contribution in [3.63, 3.8) is 0 Å².